The van der Waals surface area contributed by atoms with E-state index in [0.29, 0.717) is 0 Å². The lowest BCUT2D eigenvalue weighted by Crippen LogP contribution is -2.08. The molecule has 0 aliphatic carbocycles. The highest BCUT2D eigenvalue weighted by Gasteiger charge is 2.30. The smallest absolute Gasteiger partial charge is 0.346 e. The standard InChI is InChI=1S/C42H43BNO2PS2/c1-6-48(4,7-2)37-27-31-19-9-13-21-33(31)39-40-34-22-14-10-20-32(34)28-38(49(5,43)8-3)42(40)46-47(45-41(37)39)44-35-23-15-11-17-29(35)25-26-30-18-12-16-24-36(30)44/h9-28H,6-8,43H2,1-5H3. The van der Waals surface area contributed by atoms with Gasteiger partial charge in [0.15, 0.2) is 18.3 Å². The number of rotatable bonds is 6. The minimum absolute atomic E-state index is 0.976. The first-order chi connectivity index (χ1) is 23.8. The van der Waals surface area contributed by atoms with E-state index in [0.717, 1.165) is 50.9 Å². The van der Waals surface area contributed by atoms with Crippen molar-refractivity contribution in [2.75, 3.05) is 34.4 Å². The molecule has 2 atom stereocenters. The lowest BCUT2D eigenvalue weighted by molar-refractivity contribution is 0.632. The molecular formula is C42H43BNO2PS2. The molecule has 2 heterocycles. The van der Waals surface area contributed by atoms with Crippen LogP contribution in [0.4, 0.5) is 11.4 Å². The third-order valence-corrected chi connectivity index (χ3v) is 18.9. The Hall–Kier alpha value is -3.96. The Labute approximate surface area is 294 Å². The SMILES string of the molecule is BS(C)(CC)c1cc2ccccc2c2c1op(N1c3ccccc3C=Cc3ccccc31)oc1c(S(C)(CC)CC)cc3ccccc3c12. The molecule has 0 fully saturated rings. The zero-order chi connectivity index (χ0) is 33.9. The quantitative estimate of drug-likeness (QED) is 0.162. The molecule has 1 aliphatic heterocycles. The van der Waals surface area contributed by atoms with Gasteiger partial charge in [0.25, 0.3) is 0 Å². The van der Waals surface area contributed by atoms with Crippen LogP contribution in [-0.4, -0.2) is 36.9 Å². The Morgan fingerprint density at radius 1 is 0.592 bits per heavy atom. The third-order valence-electron chi connectivity index (χ3n) is 10.6. The van der Waals surface area contributed by atoms with Crippen LogP contribution < -0.4 is 4.67 Å². The fourth-order valence-electron chi connectivity index (χ4n) is 7.11. The Morgan fingerprint density at radius 2 is 1.04 bits per heavy atom. The van der Waals surface area contributed by atoms with E-state index >= 15 is 0 Å². The maximum atomic E-state index is 7.66. The van der Waals surface area contributed by atoms with Crippen LogP contribution in [0.3, 0.4) is 0 Å². The zero-order valence-electron chi connectivity index (χ0n) is 29.2. The van der Waals surface area contributed by atoms with Gasteiger partial charge in [-0.3, -0.25) is 9.88 Å². The van der Waals surface area contributed by atoms with Crippen LogP contribution in [0.5, 0.6) is 0 Å². The molecule has 7 aromatic rings. The van der Waals surface area contributed by atoms with Crippen molar-refractivity contribution in [1.29, 1.82) is 0 Å². The molecule has 0 amide bonds. The van der Waals surface area contributed by atoms with Gasteiger partial charge in [-0.1, -0.05) is 118 Å². The van der Waals surface area contributed by atoms with E-state index < -0.39 is 28.1 Å². The summed E-state index contributed by atoms with van der Waals surface area (Å²) in [6.07, 6.45) is 9.36. The number of benzene rings is 6. The summed E-state index contributed by atoms with van der Waals surface area (Å²) in [5, 5.41) is 7.26. The summed E-state index contributed by atoms with van der Waals surface area (Å²) in [6.45, 7) is 7.01. The van der Waals surface area contributed by atoms with Gasteiger partial charge in [-0.25, -0.2) is 14.7 Å². The maximum Gasteiger partial charge on any atom is 0.346 e. The molecule has 0 saturated heterocycles. The second-order valence-electron chi connectivity index (χ2n) is 13.5. The second-order valence-corrected chi connectivity index (χ2v) is 22.9. The molecule has 6 aromatic carbocycles. The van der Waals surface area contributed by atoms with Crippen molar-refractivity contribution in [2.45, 2.75) is 30.6 Å². The molecule has 2 unspecified atom stereocenters. The van der Waals surface area contributed by atoms with Gasteiger partial charge in [0.2, 0.25) is 0 Å². The highest BCUT2D eigenvalue weighted by Crippen LogP contribution is 2.60. The molecule has 1 aromatic heterocycles. The molecule has 49 heavy (non-hydrogen) atoms. The van der Waals surface area contributed by atoms with Gasteiger partial charge < -0.3 is 8.39 Å². The van der Waals surface area contributed by atoms with Gasteiger partial charge in [-0.05, 0) is 86.7 Å². The summed E-state index contributed by atoms with van der Waals surface area (Å²) in [7, 11) is -1.73. The van der Waals surface area contributed by atoms with Crippen LogP contribution in [0, 0.1) is 0 Å². The van der Waals surface area contributed by atoms with Crippen molar-refractivity contribution >= 4 is 102 Å². The Balaban J connectivity index is 1.70. The van der Waals surface area contributed by atoms with Gasteiger partial charge in [0.05, 0.1) is 11.4 Å². The number of nitrogens with zero attached hydrogens (tertiary/aromatic N) is 1. The van der Waals surface area contributed by atoms with Gasteiger partial charge >= 0.3 is 8.16 Å². The van der Waals surface area contributed by atoms with E-state index in [9.17, 15) is 0 Å². The molecular weight excluding hydrogens is 656 g/mol. The molecule has 0 radical (unpaired) electrons. The highest BCUT2D eigenvalue weighted by molar-refractivity contribution is 8.49. The third kappa shape index (κ3) is 5.23. The minimum Gasteiger partial charge on any atom is -0.402 e. The Bertz CT molecular complexity index is 2430. The van der Waals surface area contributed by atoms with Gasteiger partial charge in [-0.2, -0.15) is 0 Å². The van der Waals surface area contributed by atoms with Crippen molar-refractivity contribution in [2.24, 2.45) is 0 Å². The normalized spacial score (nSPS) is 15.5. The Morgan fingerprint density at radius 3 is 1.55 bits per heavy atom. The van der Waals surface area contributed by atoms with Crippen molar-refractivity contribution in [3.05, 3.63) is 120 Å². The molecule has 0 spiro atoms. The Kier molecular flexibility index (Phi) is 8.18. The van der Waals surface area contributed by atoms with Crippen LogP contribution in [0.1, 0.15) is 31.9 Å². The van der Waals surface area contributed by atoms with Crippen molar-refractivity contribution in [3.8, 4) is 0 Å². The van der Waals surface area contributed by atoms with Crippen molar-refractivity contribution in [3.63, 3.8) is 0 Å². The lowest BCUT2D eigenvalue weighted by Gasteiger charge is -2.34. The second kappa shape index (κ2) is 12.4. The highest BCUT2D eigenvalue weighted by atomic mass is 32.3. The van der Waals surface area contributed by atoms with E-state index in [1.807, 2.05) is 0 Å². The first-order valence-electron chi connectivity index (χ1n) is 17.2. The largest absolute Gasteiger partial charge is 0.402 e. The summed E-state index contributed by atoms with van der Waals surface area (Å²) in [6, 6.07) is 39.9. The lowest BCUT2D eigenvalue weighted by atomic mass is 9.98. The van der Waals surface area contributed by atoms with Crippen LogP contribution in [0.25, 0.3) is 55.6 Å². The van der Waals surface area contributed by atoms with Gasteiger partial charge in [0, 0.05) is 20.6 Å². The van der Waals surface area contributed by atoms with Crippen molar-refractivity contribution in [1.82, 2.24) is 0 Å². The van der Waals surface area contributed by atoms with E-state index in [1.54, 1.807) is 0 Å². The summed E-state index contributed by atoms with van der Waals surface area (Å²) in [5.41, 5.74) is 6.44. The number of hydrogen-bond donors (Lipinski definition) is 0. The fourth-order valence-corrected chi connectivity index (χ4v) is 12.3. The van der Waals surface area contributed by atoms with E-state index in [2.05, 4.69) is 166 Å². The summed E-state index contributed by atoms with van der Waals surface area (Å²) >= 11 is 0. The van der Waals surface area contributed by atoms with E-state index in [4.69, 9.17) is 8.39 Å². The average Bonchev–Trinajstić information content (AvgIpc) is 3.42. The summed E-state index contributed by atoms with van der Waals surface area (Å²) < 4.78 is 17.6. The van der Waals surface area contributed by atoms with Crippen molar-refractivity contribution < 1.29 is 8.39 Å². The molecule has 1 aliphatic rings. The first-order valence-corrected chi connectivity index (χ1v) is 23.3. The summed E-state index contributed by atoms with van der Waals surface area (Å²) in [4.78, 5) is 2.64. The van der Waals surface area contributed by atoms with Crippen LogP contribution in [-0.2, 0) is 0 Å². The van der Waals surface area contributed by atoms with E-state index in [1.165, 1.54) is 42.1 Å². The predicted octanol–water partition coefficient (Wildman–Crippen LogP) is 12.9. The molecule has 0 bridgehead atoms. The van der Waals surface area contributed by atoms with Crippen LogP contribution >= 0.6 is 28.1 Å². The molecule has 3 nitrogen and oxygen atoms in total. The number of para-hydroxylation sites is 2. The van der Waals surface area contributed by atoms with Crippen LogP contribution in [0.2, 0.25) is 0 Å². The number of fused-ring (bicyclic) bond motifs is 9. The molecule has 248 valence electrons. The molecule has 8 rings (SSSR count). The van der Waals surface area contributed by atoms with Crippen LogP contribution in [0.15, 0.2) is 127 Å². The monoisotopic (exact) mass is 699 g/mol. The first kappa shape index (κ1) is 32.3. The van der Waals surface area contributed by atoms with E-state index in [-0.39, 0.29) is 0 Å². The molecule has 0 saturated carbocycles. The molecule has 0 N–H and O–H groups in total. The number of anilines is 2. The fraction of sp³-hybridized carbons (Fsp3) is 0.190. The van der Waals surface area contributed by atoms with Gasteiger partial charge in [0.1, 0.15) is 0 Å². The number of hydrogen-bond acceptors (Lipinski definition) is 3. The minimum atomic E-state index is -1.71. The topological polar surface area (TPSA) is 29.5 Å². The zero-order valence-corrected chi connectivity index (χ0v) is 31.7. The van der Waals surface area contributed by atoms with Gasteiger partial charge in [-0.15, -0.1) is 0 Å². The molecule has 7 heteroatoms. The summed E-state index contributed by atoms with van der Waals surface area (Å²) in [5.74, 6) is 3.22. The predicted molar refractivity (Wildman–Crippen MR) is 224 cm³/mol. The maximum absolute atomic E-state index is 7.66. The average molecular weight is 700 g/mol.